The van der Waals surface area contributed by atoms with Crippen LogP contribution in [-0.2, 0) is 22.3 Å². The molecule has 1 aliphatic rings. The van der Waals surface area contributed by atoms with Gasteiger partial charge < -0.3 is 9.73 Å². The predicted molar refractivity (Wildman–Crippen MR) is 98.2 cm³/mol. The molecule has 3 aromatic rings. The van der Waals surface area contributed by atoms with Crippen LogP contribution in [0.3, 0.4) is 0 Å². The van der Waals surface area contributed by atoms with E-state index >= 15 is 0 Å². The van der Waals surface area contributed by atoms with Crippen molar-refractivity contribution in [3.63, 3.8) is 0 Å². The number of hydrogen-bond donors (Lipinski definition) is 1. The van der Waals surface area contributed by atoms with Gasteiger partial charge in [-0.1, -0.05) is 17.7 Å². The number of fused-ring (bicyclic) bond motifs is 1. The van der Waals surface area contributed by atoms with Crippen LogP contribution in [0.25, 0.3) is 5.69 Å². The maximum absolute atomic E-state index is 12.5. The molecule has 0 aliphatic carbocycles. The highest BCUT2D eigenvalue weighted by Gasteiger charge is 2.29. The highest BCUT2D eigenvalue weighted by Crippen LogP contribution is 2.31. The molecular formula is C17H14BrN3O3S. The summed E-state index contributed by atoms with van der Waals surface area (Å²) in [4.78, 5) is 12.5. The summed E-state index contributed by atoms with van der Waals surface area (Å²) < 4.78 is 19.4. The van der Waals surface area contributed by atoms with Crippen molar-refractivity contribution in [2.24, 2.45) is 0 Å². The summed E-state index contributed by atoms with van der Waals surface area (Å²) >= 11 is 3.19. The van der Waals surface area contributed by atoms with Gasteiger partial charge in [0.15, 0.2) is 10.4 Å². The number of nitrogens with zero attached hydrogens (tertiary/aromatic N) is 2. The lowest BCUT2D eigenvalue weighted by Gasteiger charge is -2.10. The summed E-state index contributed by atoms with van der Waals surface area (Å²) in [6, 6.07) is 11.1. The molecule has 1 unspecified atom stereocenters. The first kappa shape index (κ1) is 16.3. The first-order valence-electron chi connectivity index (χ1n) is 7.61. The van der Waals surface area contributed by atoms with Crippen LogP contribution in [0.5, 0.6) is 0 Å². The lowest BCUT2D eigenvalue weighted by atomic mass is 10.2. The fourth-order valence-electron chi connectivity index (χ4n) is 2.73. The molecule has 6 nitrogen and oxygen atoms in total. The minimum absolute atomic E-state index is 0.191. The number of rotatable bonds is 3. The number of carbonyl (C=O) groups is 1. The molecule has 0 radical (unpaired) electrons. The lowest BCUT2D eigenvalue weighted by Crippen LogP contribution is -2.16. The van der Waals surface area contributed by atoms with Crippen molar-refractivity contribution in [3.8, 4) is 5.69 Å². The summed E-state index contributed by atoms with van der Waals surface area (Å²) in [7, 11) is -0.980. The van der Waals surface area contributed by atoms with Gasteiger partial charge >= 0.3 is 0 Å². The van der Waals surface area contributed by atoms with Gasteiger partial charge in [-0.15, -0.1) is 0 Å². The van der Waals surface area contributed by atoms with Crippen LogP contribution in [0.1, 0.15) is 27.4 Å². The Morgan fingerprint density at radius 3 is 2.68 bits per heavy atom. The molecular weight excluding hydrogens is 406 g/mol. The number of halogens is 1. The van der Waals surface area contributed by atoms with Gasteiger partial charge in [0, 0.05) is 16.4 Å². The molecule has 0 saturated heterocycles. The van der Waals surface area contributed by atoms with Gasteiger partial charge in [0.1, 0.15) is 5.82 Å². The van der Waals surface area contributed by atoms with Crippen LogP contribution in [0.2, 0.25) is 0 Å². The zero-order chi connectivity index (χ0) is 17.6. The number of aromatic nitrogens is 2. The summed E-state index contributed by atoms with van der Waals surface area (Å²) in [6.45, 7) is 2.01. The van der Waals surface area contributed by atoms with Crippen molar-refractivity contribution in [1.82, 2.24) is 9.78 Å². The smallest absolute Gasteiger partial charge is 0.292 e. The van der Waals surface area contributed by atoms with Gasteiger partial charge in [0.05, 0.1) is 22.9 Å². The average Bonchev–Trinajstić information content (AvgIpc) is 3.24. The van der Waals surface area contributed by atoms with E-state index in [9.17, 15) is 9.00 Å². The van der Waals surface area contributed by atoms with E-state index in [1.54, 1.807) is 16.8 Å². The Kier molecular flexibility index (Phi) is 4.09. The van der Waals surface area contributed by atoms with Crippen molar-refractivity contribution in [1.29, 1.82) is 0 Å². The van der Waals surface area contributed by atoms with Crippen molar-refractivity contribution >= 4 is 38.5 Å². The molecule has 1 aromatic carbocycles. The second-order valence-corrected chi connectivity index (χ2v) is 8.05. The minimum Gasteiger partial charge on any atom is -0.444 e. The van der Waals surface area contributed by atoms with E-state index in [1.807, 2.05) is 31.2 Å². The number of hydrogen-bond acceptors (Lipinski definition) is 4. The highest BCUT2D eigenvalue weighted by molar-refractivity contribution is 9.10. The number of amides is 1. The summed E-state index contributed by atoms with van der Waals surface area (Å²) in [5.74, 6) is 1.15. The third kappa shape index (κ3) is 3.07. The van der Waals surface area contributed by atoms with Crippen LogP contribution in [0.4, 0.5) is 5.82 Å². The molecule has 1 aliphatic heterocycles. The van der Waals surface area contributed by atoms with Crippen LogP contribution in [0, 0.1) is 6.92 Å². The number of nitrogens with one attached hydrogen (secondary N) is 1. The van der Waals surface area contributed by atoms with E-state index in [0.717, 1.165) is 22.5 Å². The van der Waals surface area contributed by atoms with E-state index in [1.165, 1.54) is 0 Å². The topological polar surface area (TPSA) is 77.1 Å². The van der Waals surface area contributed by atoms with Crippen molar-refractivity contribution in [3.05, 3.63) is 63.6 Å². The van der Waals surface area contributed by atoms with Gasteiger partial charge in [-0.05, 0) is 47.1 Å². The standard InChI is InChI=1S/C17H14BrN3O3S/c1-10-2-4-11(5-3-10)21-16(12-8-25(23)9-13(12)20-21)19-17(22)14-6-7-15(18)24-14/h2-7H,8-9H2,1H3,(H,19,22). The third-order valence-electron chi connectivity index (χ3n) is 3.98. The molecule has 1 amide bonds. The van der Waals surface area contributed by atoms with E-state index in [4.69, 9.17) is 4.42 Å². The molecule has 0 saturated carbocycles. The van der Waals surface area contributed by atoms with E-state index in [2.05, 4.69) is 26.3 Å². The van der Waals surface area contributed by atoms with Crippen LogP contribution >= 0.6 is 15.9 Å². The summed E-state index contributed by atoms with van der Waals surface area (Å²) in [5, 5.41) is 7.43. The quantitative estimate of drug-likeness (QED) is 0.703. The molecule has 0 bridgehead atoms. The first-order valence-corrected chi connectivity index (χ1v) is 9.89. The Labute approximate surface area is 154 Å². The molecule has 0 fully saturated rings. The Morgan fingerprint density at radius 1 is 1.24 bits per heavy atom. The molecule has 1 N–H and O–H groups in total. The van der Waals surface area contributed by atoms with E-state index in [0.29, 0.717) is 22.0 Å². The molecule has 2 aromatic heterocycles. The van der Waals surface area contributed by atoms with Gasteiger partial charge in [-0.3, -0.25) is 9.00 Å². The fraction of sp³-hybridized carbons (Fsp3) is 0.176. The Bertz CT molecular complexity index is 991. The fourth-order valence-corrected chi connectivity index (χ4v) is 4.31. The zero-order valence-corrected chi connectivity index (χ0v) is 15.7. The lowest BCUT2D eigenvalue weighted by molar-refractivity contribution is 0.0994. The van der Waals surface area contributed by atoms with Crippen LogP contribution < -0.4 is 5.32 Å². The number of carbonyl (C=O) groups excluding carboxylic acids is 1. The van der Waals surface area contributed by atoms with Crippen LogP contribution in [-0.4, -0.2) is 19.9 Å². The summed E-state index contributed by atoms with van der Waals surface area (Å²) in [5.41, 5.74) is 3.55. The average molecular weight is 420 g/mol. The van der Waals surface area contributed by atoms with Gasteiger partial charge in [0.25, 0.3) is 5.91 Å². The Morgan fingerprint density at radius 2 is 2.00 bits per heavy atom. The second kappa shape index (κ2) is 6.27. The first-order chi connectivity index (χ1) is 12.0. The number of aryl methyl sites for hydroxylation is 1. The molecule has 1 atom stereocenters. The SMILES string of the molecule is Cc1ccc(-n2nc3c(c2NC(=O)c2ccc(Br)o2)CS(=O)C3)cc1. The molecule has 3 heterocycles. The number of benzene rings is 1. The van der Waals surface area contributed by atoms with Crippen LogP contribution in [0.15, 0.2) is 45.5 Å². The molecule has 8 heteroatoms. The van der Waals surface area contributed by atoms with Crippen molar-refractivity contribution < 1.29 is 13.4 Å². The second-order valence-electron chi connectivity index (χ2n) is 5.81. The normalized spacial score (nSPS) is 16.0. The van der Waals surface area contributed by atoms with Gasteiger partial charge in [-0.2, -0.15) is 5.10 Å². The summed E-state index contributed by atoms with van der Waals surface area (Å²) in [6.07, 6.45) is 0. The molecule has 128 valence electrons. The van der Waals surface area contributed by atoms with Gasteiger partial charge in [-0.25, -0.2) is 4.68 Å². The Hall–Kier alpha value is -2.19. The molecule has 25 heavy (non-hydrogen) atoms. The van der Waals surface area contributed by atoms with Crippen molar-refractivity contribution in [2.45, 2.75) is 18.4 Å². The largest absolute Gasteiger partial charge is 0.444 e. The monoisotopic (exact) mass is 419 g/mol. The number of furan rings is 1. The van der Waals surface area contributed by atoms with E-state index < -0.39 is 10.8 Å². The van der Waals surface area contributed by atoms with Crippen molar-refractivity contribution in [2.75, 3.05) is 5.32 Å². The van der Waals surface area contributed by atoms with Gasteiger partial charge in [0.2, 0.25) is 0 Å². The highest BCUT2D eigenvalue weighted by atomic mass is 79.9. The molecule has 0 spiro atoms. The molecule has 4 rings (SSSR count). The maximum Gasteiger partial charge on any atom is 0.292 e. The Balaban J connectivity index is 1.75. The third-order valence-corrected chi connectivity index (χ3v) is 5.61. The zero-order valence-electron chi connectivity index (χ0n) is 13.3. The minimum atomic E-state index is -0.980. The van der Waals surface area contributed by atoms with E-state index in [-0.39, 0.29) is 11.7 Å². The predicted octanol–water partition coefficient (Wildman–Crippen LogP) is 3.55. The maximum atomic E-state index is 12.5. The number of anilines is 1.